The van der Waals surface area contributed by atoms with Crippen LogP contribution in [0.5, 0.6) is 0 Å². The fourth-order valence-electron chi connectivity index (χ4n) is 1.25. The monoisotopic (exact) mass is 200 g/mol. The molecular weight excluding hydrogens is 184 g/mol. The van der Waals surface area contributed by atoms with Crippen LogP contribution in [0.1, 0.15) is 20.8 Å². The Morgan fingerprint density at radius 3 is 2.64 bits per heavy atom. The third kappa shape index (κ3) is 2.82. The second kappa shape index (κ2) is 4.11. The maximum Gasteiger partial charge on any atom is 0.330 e. The first-order valence-corrected chi connectivity index (χ1v) is 4.52. The van der Waals surface area contributed by atoms with Gasteiger partial charge in [-0.1, -0.05) is 0 Å². The molecule has 0 aromatic carbocycles. The van der Waals surface area contributed by atoms with Crippen molar-refractivity contribution >= 4 is 5.97 Å². The van der Waals surface area contributed by atoms with Crippen LogP contribution in [0.2, 0.25) is 0 Å². The average molecular weight is 200 g/mol. The molecule has 0 bridgehead atoms. The molecule has 0 aromatic heterocycles. The van der Waals surface area contributed by atoms with Gasteiger partial charge in [0.15, 0.2) is 5.79 Å². The minimum absolute atomic E-state index is 0.149. The van der Waals surface area contributed by atoms with Crippen LogP contribution in [0.15, 0.2) is 11.6 Å². The third-order valence-electron chi connectivity index (χ3n) is 2.06. The molecule has 1 rings (SSSR count). The van der Waals surface area contributed by atoms with Crippen molar-refractivity contribution in [2.45, 2.75) is 32.7 Å². The Morgan fingerprint density at radius 2 is 2.21 bits per heavy atom. The quantitative estimate of drug-likeness (QED) is 0.497. The molecule has 0 radical (unpaired) electrons. The van der Waals surface area contributed by atoms with Crippen LogP contribution in [0.25, 0.3) is 0 Å². The number of ether oxygens (including phenoxy) is 3. The molecule has 1 aliphatic rings. The second-order valence-electron chi connectivity index (χ2n) is 3.73. The molecular formula is C10H16O4. The average Bonchev–Trinajstić information content (AvgIpc) is 2.46. The lowest BCUT2D eigenvalue weighted by Gasteiger charge is -2.17. The third-order valence-corrected chi connectivity index (χ3v) is 2.06. The van der Waals surface area contributed by atoms with Crippen LogP contribution < -0.4 is 0 Å². The lowest BCUT2D eigenvalue weighted by molar-refractivity contribution is -0.137. The van der Waals surface area contributed by atoms with Crippen LogP contribution in [-0.2, 0) is 19.0 Å². The smallest absolute Gasteiger partial charge is 0.330 e. The highest BCUT2D eigenvalue weighted by molar-refractivity contribution is 5.82. The first kappa shape index (κ1) is 11.2. The summed E-state index contributed by atoms with van der Waals surface area (Å²) in [7, 11) is 1.35. The Hall–Kier alpha value is -0.870. The zero-order chi connectivity index (χ0) is 10.8. The number of carbonyl (C=O) groups is 1. The first-order valence-electron chi connectivity index (χ1n) is 4.52. The van der Waals surface area contributed by atoms with Gasteiger partial charge in [0.05, 0.1) is 13.7 Å². The van der Waals surface area contributed by atoms with Gasteiger partial charge in [0.25, 0.3) is 0 Å². The molecule has 0 aromatic rings. The molecule has 0 amide bonds. The van der Waals surface area contributed by atoms with Crippen molar-refractivity contribution in [2.24, 2.45) is 0 Å². The summed E-state index contributed by atoms with van der Waals surface area (Å²) in [6.45, 7) is 6.00. The highest BCUT2D eigenvalue weighted by Crippen LogP contribution is 2.26. The lowest BCUT2D eigenvalue weighted by atomic mass is 10.2. The van der Waals surface area contributed by atoms with Crippen molar-refractivity contribution in [3.8, 4) is 0 Å². The summed E-state index contributed by atoms with van der Waals surface area (Å²) in [6, 6.07) is 0. The summed E-state index contributed by atoms with van der Waals surface area (Å²) < 4.78 is 15.5. The molecule has 1 aliphatic heterocycles. The minimum Gasteiger partial charge on any atom is -0.466 e. The van der Waals surface area contributed by atoms with E-state index >= 15 is 0 Å². The predicted octanol–water partition coefficient (Wildman–Crippen LogP) is 1.26. The van der Waals surface area contributed by atoms with Gasteiger partial charge in [-0.25, -0.2) is 4.79 Å². The molecule has 1 heterocycles. The van der Waals surface area contributed by atoms with E-state index in [1.807, 2.05) is 20.8 Å². The van der Waals surface area contributed by atoms with Gasteiger partial charge in [0, 0.05) is 6.08 Å². The van der Waals surface area contributed by atoms with E-state index in [0.717, 1.165) is 5.57 Å². The molecule has 4 heteroatoms. The van der Waals surface area contributed by atoms with E-state index < -0.39 is 5.79 Å². The van der Waals surface area contributed by atoms with Crippen LogP contribution >= 0.6 is 0 Å². The van der Waals surface area contributed by atoms with Crippen molar-refractivity contribution in [3.05, 3.63) is 11.6 Å². The van der Waals surface area contributed by atoms with Crippen molar-refractivity contribution in [1.29, 1.82) is 0 Å². The molecule has 0 unspecified atom stereocenters. The van der Waals surface area contributed by atoms with Gasteiger partial charge in [-0.2, -0.15) is 0 Å². The maximum absolute atomic E-state index is 10.9. The second-order valence-corrected chi connectivity index (χ2v) is 3.73. The SMILES string of the molecule is COC(=O)/C=C(/C)[C@@H]1COC(C)(C)O1. The van der Waals surface area contributed by atoms with E-state index in [-0.39, 0.29) is 12.1 Å². The normalized spacial score (nSPS) is 26.3. The predicted molar refractivity (Wildman–Crippen MR) is 50.7 cm³/mol. The van der Waals surface area contributed by atoms with E-state index in [0.29, 0.717) is 6.61 Å². The van der Waals surface area contributed by atoms with Gasteiger partial charge < -0.3 is 14.2 Å². The van der Waals surface area contributed by atoms with Crippen LogP contribution in [-0.4, -0.2) is 31.6 Å². The fraction of sp³-hybridized carbons (Fsp3) is 0.700. The molecule has 4 nitrogen and oxygen atoms in total. The van der Waals surface area contributed by atoms with Gasteiger partial charge in [-0.05, 0) is 26.3 Å². The topological polar surface area (TPSA) is 44.8 Å². The van der Waals surface area contributed by atoms with Gasteiger partial charge in [0.2, 0.25) is 0 Å². The number of methoxy groups -OCH3 is 1. The van der Waals surface area contributed by atoms with E-state index in [9.17, 15) is 4.79 Å². The Bertz CT molecular complexity index is 255. The van der Waals surface area contributed by atoms with Crippen molar-refractivity contribution in [1.82, 2.24) is 0 Å². The molecule has 14 heavy (non-hydrogen) atoms. The number of carbonyl (C=O) groups excluding carboxylic acids is 1. The summed E-state index contributed by atoms with van der Waals surface area (Å²) in [5, 5.41) is 0. The van der Waals surface area contributed by atoms with Crippen LogP contribution in [0.3, 0.4) is 0 Å². The summed E-state index contributed by atoms with van der Waals surface area (Å²) in [5.74, 6) is -0.925. The molecule has 1 atom stereocenters. The summed E-state index contributed by atoms with van der Waals surface area (Å²) in [5.41, 5.74) is 0.822. The van der Waals surface area contributed by atoms with Crippen LogP contribution in [0, 0.1) is 0 Å². The first-order chi connectivity index (χ1) is 6.44. The molecule has 0 N–H and O–H groups in total. The minimum atomic E-state index is -0.560. The van der Waals surface area contributed by atoms with Crippen molar-refractivity contribution in [2.75, 3.05) is 13.7 Å². The number of hydrogen-bond donors (Lipinski definition) is 0. The van der Waals surface area contributed by atoms with E-state index in [1.165, 1.54) is 13.2 Å². The Kier molecular flexibility index (Phi) is 3.29. The fourth-order valence-corrected chi connectivity index (χ4v) is 1.25. The van der Waals surface area contributed by atoms with Crippen molar-refractivity contribution in [3.63, 3.8) is 0 Å². The van der Waals surface area contributed by atoms with E-state index in [1.54, 1.807) is 0 Å². The highest BCUT2D eigenvalue weighted by Gasteiger charge is 2.33. The molecule has 0 aliphatic carbocycles. The van der Waals surface area contributed by atoms with Gasteiger partial charge in [0.1, 0.15) is 6.10 Å². The number of esters is 1. The summed E-state index contributed by atoms with van der Waals surface area (Å²) in [4.78, 5) is 10.9. The highest BCUT2D eigenvalue weighted by atomic mass is 16.7. The maximum atomic E-state index is 10.9. The Labute approximate surface area is 83.8 Å². The molecule has 80 valence electrons. The Balaban J connectivity index is 2.59. The number of hydrogen-bond acceptors (Lipinski definition) is 4. The molecule has 0 spiro atoms. The summed E-state index contributed by atoms with van der Waals surface area (Å²) in [6.07, 6.45) is 1.28. The molecule has 1 saturated heterocycles. The van der Waals surface area contributed by atoms with Gasteiger partial charge in [-0.15, -0.1) is 0 Å². The van der Waals surface area contributed by atoms with Crippen LogP contribution in [0.4, 0.5) is 0 Å². The van der Waals surface area contributed by atoms with Gasteiger partial charge >= 0.3 is 5.97 Å². The van der Waals surface area contributed by atoms with E-state index in [4.69, 9.17) is 9.47 Å². The van der Waals surface area contributed by atoms with E-state index in [2.05, 4.69) is 4.74 Å². The lowest BCUT2D eigenvalue weighted by Crippen LogP contribution is -2.22. The largest absolute Gasteiger partial charge is 0.466 e. The standard InChI is InChI=1S/C10H16O4/c1-7(5-9(11)12-4)8-6-13-10(2,3)14-8/h5,8H,6H2,1-4H3/b7-5-/t8-/m0/s1. The number of rotatable bonds is 2. The molecule has 0 saturated carbocycles. The Morgan fingerprint density at radius 1 is 1.57 bits per heavy atom. The summed E-state index contributed by atoms with van der Waals surface area (Å²) >= 11 is 0. The zero-order valence-corrected chi connectivity index (χ0v) is 8.99. The van der Waals surface area contributed by atoms with Crippen molar-refractivity contribution < 1.29 is 19.0 Å². The molecule has 1 fully saturated rings. The van der Waals surface area contributed by atoms with Gasteiger partial charge in [-0.3, -0.25) is 0 Å². The zero-order valence-electron chi connectivity index (χ0n) is 8.99.